The Kier molecular flexibility index (Phi) is 1.79. The first-order valence-electron chi connectivity index (χ1n) is 3.50. The van der Waals surface area contributed by atoms with Crippen LogP contribution in [0.4, 0.5) is 0 Å². The zero-order valence-electron chi connectivity index (χ0n) is 6.50. The predicted molar refractivity (Wildman–Crippen MR) is 40.5 cm³/mol. The lowest BCUT2D eigenvalue weighted by atomic mass is 10.3. The Morgan fingerprint density at radius 2 is 2.30 bits per heavy atom. The normalized spacial score (nSPS) is 29.4. The van der Waals surface area contributed by atoms with Gasteiger partial charge >= 0.3 is 0 Å². The van der Waals surface area contributed by atoms with Crippen molar-refractivity contribution in [3.63, 3.8) is 0 Å². The summed E-state index contributed by atoms with van der Waals surface area (Å²) in [7, 11) is 3.58. The summed E-state index contributed by atoms with van der Waals surface area (Å²) in [5, 5.41) is 0. The Morgan fingerprint density at radius 3 is 2.60 bits per heavy atom. The zero-order valence-corrected chi connectivity index (χ0v) is 6.50. The lowest BCUT2D eigenvalue weighted by Crippen LogP contribution is -2.23. The molecule has 1 saturated carbocycles. The molecule has 0 heterocycles. The molecule has 0 radical (unpaired) electrons. The standard InChI is InChI=1S/C8H13NO/c1-4-6-5-7(6)8(10)9(2)3/h4,6-7H,1,5H2,2-3H3. The number of allylic oxidation sites excluding steroid dienone is 1. The molecule has 0 spiro atoms. The van der Waals surface area contributed by atoms with Gasteiger partial charge in [0.15, 0.2) is 0 Å². The van der Waals surface area contributed by atoms with Gasteiger partial charge in [0.2, 0.25) is 5.91 Å². The molecule has 56 valence electrons. The molecule has 2 unspecified atom stereocenters. The second kappa shape index (κ2) is 2.45. The highest BCUT2D eigenvalue weighted by Crippen LogP contribution is 2.40. The van der Waals surface area contributed by atoms with E-state index in [9.17, 15) is 4.79 Å². The van der Waals surface area contributed by atoms with Gasteiger partial charge in [0.05, 0.1) is 0 Å². The maximum atomic E-state index is 11.2. The highest BCUT2D eigenvalue weighted by molar-refractivity contribution is 5.81. The number of rotatable bonds is 2. The lowest BCUT2D eigenvalue weighted by Gasteiger charge is -2.08. The first kappa shape index (κ1) is 7.32. The highest BCUT2D eigenvalue weighted by atomic mass is 16.2. The van der Waals surface area contributed by atoms with Crippen molar-refractivity contribution in [3.8, 4) is 0 Å². The van der Waals surface area contributed by atoms with Crippen LogP contribution in [0.15, 0.2) is 12.7 Å². The largest absolute Gasteiger partial charge is 0.349 e. The van der Waals surface area contributed by atoms with E-state index in [1.165, 1.54) is 0 Å². The summed E-state index contributed by atoms with van der Waals surface area (Å²) in [6.45, 7) is 3.64. The average molecular weight is 139 g/mol. The van der Waals surface area contributed by atoms with E-state index in [1.54, 1.807) is 19.0 Å². The fourth-order valence-electron chi connectivity index (χ4n) is 1.09. The van der Waals surface area contributed by atoms with Crippen LogP contribution in [0.5, 0.6) is 0 Å². The van der Waals surface area contributed by atoms with Crippen LogP contribution in [0.2, 0.25) is 0 Å². The van der Waals surface area contributed by atoms with Gasteiger partial charge in [-0.3, -0.25) is 4.79 Å². The molecule has 2 nitrogen and oxygen atoms in total. The van der Waals surface area contributed by atoms with E-state index < -0.39 is 0 Å². The Labute approximate surface area is 61.5 Å². The van der Waals surface area contributed by atoms with Gasteiger partial charge in [0.1, 0.15) is 0 Å². The van der Waals surface area contributed by atoms with Crippen molar-refractivity contribution in [1.29, 1.82) is 0 Å². The van der Waals surface area contributed by atoms with Crippen molar-refractivity contribution < 1.29 is 4.79 Å². The number of amides is 1. The lowest BCUT2D eigenvalue weighted by molar-refractivity contribution is -0.130. The highest BCUT2D eigenvalue weighted by Gasteiger charge is 2.41. The Hall–Kier alpha value is -0.790. The molecule has 0 aromatic heterocycles. The summed E-state index contributed by atoms with van der Waals surface area (Å²) in [5.74, 6) is 0.937. The second-order valence-corrected chi connectivity index (χ2v) is 2.97. The van der Waals surface area contributed by atoms with Gasteiger partial charge in [-0.15, -0.1) is 6.58 Å². The van der Waals surface area contributed by atoms with Crippen LogP contribution in [-0.2, 0) is 4.79 Å². The molecule has 0 saturated heterocycles. The van der Waals surface area contributed by atoms with Crippen LogP contribution in [0, 0.1) is 11.8 Å². The van der Waals surface area contributed by atoms with Crippen LogP contribution in [0.25, 0.3) is 0 Å². The van der Waals surface area contributed by atoms with Crippen molar-refractivity contribution in [2.24, 2.45) is 11.8 Å². The fourth-order valence-corrected chi connectivity index (χ4v) is 1.09. The molecule has 2 heteroatoms. The van der Waals surface area contributed by atoms with E-state index in [2.05, 4.69) is 6.58 Å². The molecule has 0 bridgehead atoms. The van der Waals surface area contributed by atoms with E-state index in [0.29, 0.717) is 5.92 Å². The zero-order chi connectivity index (χ0) is 7.72. The van der Waals surface area contributed by atoms with Gasteiger partial charge in [-0.1, -0.05) is 6.08 Å². The monoisotopic (exact) mass is 139 g/mol. The van der Waals surface area contributed by atoms with Crippen LogP contribution in [0.3, 0.4) is 0 Å². The van der Waals surface area contributed by atoms with Crippen LogP contribution in [-0.4, -0.2) is 24.9 Å². The number of hydrogen-bond donors (Lipinski definition) is 0. The van der Waals surface area contributed by atoms with Crippen molar-refractivity contribution in [3.05, 3.63) is 12.7 Å². The second-order valence-electron chi connectivity index (χ2n) is 2.97. The number of hydrogen-bond acceptors (Lipinski definition) is 1. The van der Waals surface area contributed by atoms with E-state index in [0.717, 1.165) is 6.42 Å². The topological polar surface area (TPSA) is 20.3 Å². The SMILES string of the molecule is C=CC1CC1C(=O)N(C)C. The number of carbonyl (C=O) groups is 1. The van der Waals surface area contributed by atoms with E-state index in [-0.39, 0.29) is 11.8 Å². The summed E-state index contributed by atoms with van der Waals surface area (Å²) in [5.41, 5.74) is 0. The van der Waals surface area contributed by atoms with Gasteiger partial charge in [-0.2, -0.15) is 0 Å². The van der Waals surface area contributed by atoms with Gasteiger partial charge in [-0.25, -0.2) is 0 Å². The molecule has 1 rings (SSSR count). The van der Waals surface area contributed by atoms with Gasteiger partial charge in [0.25, 0.3) is 0 Å². The molecular weight excluding hydrogens is 126 g/mol. The van der Waals surface area contributed by atoms with Gasteiger partial charge in [-0.05, 0) is 12.3 Å². The molecule has 1 aliphatic rings. The Balaban J connectivity index is 2.39. The molecule has 2 atom stereocenters. The summed E-state index contributed by atoms with van der Waals surface area (Å²) in [6, 6.07) is 0. The predicted octanol–water partition coefficient (Wildman–Crippen LogP) is 0.897. The van der Waals surface area contributed by atoms with Crippen LogP contribution >= 0.6 is 0 Å². The summed E-state index contributed by atoms with van der Waals surface area (Å²) in [4.78, 5) is 12.8. The summed E-state index contributed by atoms with van der Waals surface area (Å²) >= 11 is 0. The van der Waals surface area contributed by atoms with Crippen molar-refractivity contribution in [1.82, 2.24) is 4.90 Å². The maximum absolute atomic E-state index is 11.2. The minimum Gasteiger partial charge on any atom is -0.349 e. The molecule has 0 aliphatic heterocycles. The third kappa shape index (κ3) is 1.20. The van der Waals surface area contributed by atoms with E-state index in [4.69, 9.17) is 0 Å². The van der Waals surface area contributed by atoms with Gasteiger partial charge in [0, 0.05) is 20.0 Å². The number of nitrogens with zero attached hydrogens (tertiary/aromatic N) is 1. The van der Waals surface area contributed by atoms with Crippen molar-refractivity contribution >= 4 is 5.91 Å². The molecule has 1 aliphatic carbocycles. The smallest absolute Gasteiger partial charge is 0.225 e. The van der Waals surface area contributed by atoms with Crippen LogP contribution < -0.4 is 0 Å². The molecule has 0 aromatic rings. The molecular formula is C8H13NO. The van der Waals surface area contributed by atoms with Crippen LogP contribution in [0.1, 0.15) is 6.42 Å². The van der Waals surface area contributed by atoms with Crippen molar-refractivity contribution in [2.75, 3.05) is 14.1 Å². The van der Waals surface area contributed by atoms with E-state index >= 15 is 0 Å². The minimum atomic E-state index is 0.241. The molecule has 10 heavy (non-hydrogen) atoms. The molecule has 1 fully saturated rings. The average Bonchev–Trinajstić information content (AvgIpc) is 2.64. The first-order valence-corrected chi connectivity index (χ1v) is 3.50. The third-order valence-corrected chi connectivity index (χ3v) is 1.90. The van der Waals surface area contributed by atoms with Gasteiger partial charge < -0.3 is 4.90 Å². The summed E-state index contributed by atoms with van der Waals surface area (Å²) < 4.78 is 0. The Morgan fingerprint density at radius 1 is 1.70 bits per heavy atom. The van der Waals surface area contributed by atoms with E-state index in [1.807, 2.05) is 6.08 Å². The Bertz CT molecular complexity index is 163. The molecule has 0 aromatic carbocycles. The number of carbonyl (C=O) groups excluding carboxylic acids is 1. The maximum Gasteiger partial charge on any atom is 0.225 e. The molecule has 0 N–H and O–H groups in total. The minimum absolute atomic E-state index is 0.241. The summed E-state index contributed by atoms with van der Waals surface area (Å²) in [6.07, 6.45) is 2.87. The third-order valence-electron chi connectivity index (χ3n) is 1.90. The quantitative estimate of drug-likeness (QED) is 0.520. The van der Waals surface area contributed by atoms with Crippen molar-refractivity contribution in [2.45, 2.75) is 6.42 Å². The molecule has 1 amide bonds. The fraction of sp³-hybridized carbons (Fsp3) is 0.625. The first-order chi connectivity index (χ1) is 4.66.